The molecule has 10 heteroatoms. The van der Waals surface area contributed by atoms with Crippen LogP contribution in [0.4, 0.5) is 22.7 Å². The molecule has 0 unspecified atom stereocenters. The maximum Gasteiger partial charge on any atom is 0.339 e. The van der Waals surface area contributed by atoms with Gasteiger partial charge in [-0.05, 0) is 88.4 Å². The van der Waals surface area contributed by atoms with Gasteiger partial charge in [0, 0.05) is 22.7 Å². The van der Waals surface area contributed by atoms with Gasteiger partial charge in [-0.1, -0.05) is 0 Å². The lowest BCUT2D eigenvalue weighted by atomic mass is 9.96. The molecule has 0 saturated carbocycles. The van der Waals surface area contributed by atoms with Gasteiger partial charge in [0.25, 0.3) is 5.91 Å². The summed E-state index contributed by atoms with van der Waals surface area (Å²) in [6.07, 6.45) is -1.05. The van der Waals surface area contributed by atoms with E-state index >= 15 is 0 Å². The number of amides is 2. The number of nitrogens with zero attached hydrogens (tertiary/aromatic N) is 1. The molecule has 0 saturated heterocycles. The van der Waals surface area contributed by atoms with Crippen molar-refractivity contribution in [1.29, 1.82) is 0 Å². The predicted octanol–water partition coefficient (Wildman–Crippen LogP) is 4.06. The van der Waals surface area contributed by atoms with Gasteiger partial charge >= 0.3 is 11.9 Å². The van der Waals surface area contributed by atoms with Gasteiger partial charge in [0.05, 0.1) is 34.5 Å². The van der Waals surface area contributed by atoms with Gasteiger partial charge < -0.3 is 26.7 Å². The predicted molar refractivity (Wildman–Crippen MR) is 144 cm³/mol. The van der Waals surface area contributed by atoms with Crippen molar-refractivity contribution in [2.24, 2.45) is 5.73 Å². The molecule has 0 aliphatic heterocycles. The zero-order chi connectivity index (χ0) is 28.1. The maximum atomic E-state index is 14.2. The molecule has 3 aromatic rings. The number of nitrogens with two attached hydrogens (primary N) is 3. The van der Waals surface area contributed by atoms with Crippen LogP contribution in [0.15, 0.2) is 60.7 Å². The average molecular weight is 519 g/mol. The normalized spacial score (nSPS) is 10.8. The van der Waals surface area contributed by atoms with Crippen molar-refractivity contribution < 1.29 is 28.7 Å². The van der Waals surface area contributed by atoms with E-state index < -0.39 is 36.0 Å². The molecule has 10 nitrogen and oxygen atoms in total. The Bertz CT molecular complexity index is 1320. The number of hydrogen-bond donors (Lipinski definition) is 3. The first-order valence-corrected chi connectivity index (χ1v) is 11.8. The molecule has 0 aliphatic rings. The number of nitrogen functional groups attached to an aromatic ring is 2. The van der Waals surface area contributed by atoms with Crippen LogP contribution in [0.25, 0.3) is 0 Å². The molecule has 2 amide bonds. The Morgan fingerprint density at radius 3 is 1.37 bits per heavy atom. The number of carbonyl (C=O) groups excluding carboxylic acids is 4. The summed E-state index contributed by atoms with van der Waals surface area (Å²) < 4.78 is 10.6. The van der Waals surface area contributed by atoms with Crippen molar-refractivity contribution in [3.8, 4) is 0 Å². The average Bonchev–Trinajstić information content (AvgIpc) is 2.84. The quantitative estimate of drug-likeness (QED) is 0.296. The fourth-order valence-corrected chi connectivity index (χ4v) is 3.62. The maximum absolute atomic E-state index is 14.2. The number of hydrogen-bond acceptors (Lipinski definition) is 8. The summed E-state index contributed by atoms with van der Waals surface area (Å²) in [4.78, 5) is 53.8. The van der Waals surface area contributed by atoms with Gasteiger partial charge in [0.2, 0.25) is 5.91 Å². The van der Waals surface area contributed by atoms with Gasteiger partial charge in [-0.3, -0.25) is 14.5 Å². The van der Waals surface area contributed by atoms with Crippen LogP contribution < -0.4 is 22.1 Å². The second kappa shape index (κ2) is 11.5. The minimum atomic E-state index is -0.979. The fraction of sp³-hybridized carbons (Fsp3) is 0.214. The van der Waals surface area contributed by atoms with E-state index in [-0.39, 0.29) is 22.3 Å². The highest BCUT2D eigenvalue weighted by molar-refractivity contribution is 6.18. The van der Waals surface area contributed by atoms with Crippen LogP contribution in [0, 0.1) is 0 Å². The van der Waals surface area contributed by atoms with Crippen LogP contribution in [0.1, 0.15) is 69.1 Å². The molecule has 0 radical (unpaired) electrons. The third-order valence-corrected chi connectivity index (χ3v) is 5.28. The van der Waals surface area contributed by atoms with Gasteiger partial charge in [-0.2, -0.15) is 0 Å². The topological polar surface area (TPSA) is 168 Å². The van der Waals surface area contributed by atoms with E-state index in [0.717, 1.165) is 12.1 Å². The van der Waals surface area contributed by atoms with E-state index in [1.165, 1.54) is 4.90 Å². The van der Waals surface area contributed by atoms with Crippen LogP contribution in [0.2, 0.25) is 0 Å². The summed E-state index contributed by atoms with van der Waals surface area (Å²) in [7, 11) is 0. The second-order valence-corrected chi connectivity index (χ2v) is 9.04. The van der Waals surface area contributed by atoms with Crippen molar-refractivity contribution in [2.45, 2.75) is 39.9 Å². The number of carbonyl (C=O) groups is 4. The van der Waals surface area contributed by atoms with Crippen LogP contribution in [0.3, 0.4) is 0 Å². The number of rotatable bonds is 8. The highest BCUT2D eigenvalue weighted by atomic mass is 16.5. The van der Waals surface area contributed by atoms with Crippen molar-refractivity contribution in [3.63, 3.8) is 0 Å². The standard InChI is InChI=1S/C28H30N4O6/c1-15(2)37-27(35)23-14-22(24(13-21(23)25(31)33)28(36)38-16(3)4)26(34)32(19-9-5-17(29)6-10-19)20-11-7-18(30)8-12-20/h5-16H,29-30H2,1-4H3,(H2,31,33). The Morgan fingerprint density at radius 1 is 0.632 bits per heavy atom. The smallest absolute Gasteiger partial charge is 0.339 e. The summed E-state index contributed by atoms with van der Waals surface area (Å²) in [5, 5.41) is 0. The molecule has 6 N–H and O–H groups in total. The molecule has 198 valence electrons. The third kappa shape index (κ3) is 6.28. The van der Waals surface area contributed by atoms with E-state index in [1.54, 1.807) is 76.2 Å². The lowest BCUT2D eigenvalue weighted by molar-refractivity contribution is 0.0359. The monoisotopic (exact) mass is 518 g/mol. The molecule has 0 atom stereocenters. The summed E-state index contributed by atoms with van der Waals surface area (Å²) in [6, 6.07) is 15.2. The molecular formula is C28H30N4O6. The molecule has 0 fully saturated rings. The van der Waals surface area contributed by atoms with Crippen molar-refractivity contribution in [3.05, 3.63) is 82.9 Å². The first kappa shape index (κ1) is 27.7. The minimum absolute atomic E-state index is 0.204. The van der Waals surface area contributed by atoms with E-state index in [9.17, 15) is 19.2 Å². The first-order chi connectivity index (χ1) is 17.9. The van der Waals surface area contributed by atoms with Crippen LogP contribution >= 0.6 is 0 Å². The molecular weight excluding hydrogens is 488 g/mol. The molecule has 38 heavy (non-hydrogen) atoms. The van der Waals surface area contributed by atoms with Gasteiger partial charge in [0.1, 0.15) is 0 Å². The zero-order valence-electron chi connectivity index (χ0n) is 21.6. The van der Waals surface area contributed by atoms with Gasteiger partial charge in [-0.25, -0.2) is 9.59 Å². The van der Waals surface area contributed by atoms with Crippen molar-refractivity contribution in [2.75, 3.05) is 16.4 Å². The van der Waals surface area contributed by atoms with E-state index in [2.05, 4.69) is 0 Å². The number of anilines is 4. The molecule has 0 spiro atoms. The third-order valence-electron chi connectivity index (χ3n) is 5.28. The van der Waals surface area contributed by atoms with E-state index in [4.69, 9.17) is 26.7 Å². The van der Waals surface area contributed by atoms with E-state index in [1.807, 2.05) is 0 Å². The second-order valence-electron chi connectivity index (χ2n) is 9.04. The van der Waals surface area contributed by atoms with Gasteiger partial charge in [0.15, 0.2) is 0 Å². The van der Waals surface area contributed by atoms with Crippen LogP contribution in [0.5, 0.6) is 0 Å². The molecule has 0 aliphatic carbocycles. The number of ether oxygens (including phenoxy) is 2. The van der Waals surface area contributed by atoms with Crippen molar-refractivity contribution in [1.82, 2.24) is 0 Å². The van der Waals surface area contributed by atoms with Gasteiger partial charge in [-0.15, -0.1) is 0 Å². The molecule has 3 rings (SSSR count). The number of benzene rings is 3. The summed E-state index contributed by atoms with van der Waals surface area (Å²) in [5.41, 5.74) is 18.0. The Labute approximate surface area is 220 Å². The van der Waals surface area contributed by atoms with Crippen molar-refractivity contribution >= 4 is 46.5 Å². The highest BCUT2D eigenvalue weighted by Gasteiger charge is 2.30. The minimum Gasteiger partial charge on any atom is -0.459 e. The highest BCUT2D eigenvalue weighted by Crippen LogP contribution is 2.31. The Morgan fingerprint density at radius 2 is 1.00 bits per heavy atom. The Hall–Kier alpha value is -4.86. The summed E-state index contributed by atoms with van der Waals surface area (Å²) in [5.74, 6) is -3.42. The molecule has 3 aromatic carbocycles. The van der Waals surface area contributed by atoms with E-state index in [0.29, 0.717) is 22.7 Å². The summed E-state index contributed by atoms with van der Waals surface area (Å²) >= 11 is 0. The lowest BCUT2D eigenvalue weighted by Gasteiger charge is -2.25. The molecule has 0 bridgehead atoms. The fourth-order valence-electron chi connectivity index (χ4n) is 3.62. The Balaban J connectivity index is 2.30. The zero-order valence-corrected chi connectivity index (χ0v) is 21.6. The number of primary amides is 1. The first-order valence-electron chi connectivity index (χ1n) is 11.8. The lowest BCUT2D eigenvalue weighted by Crippen LogP contribution is -2.30. The van der Waals surface area contributed by atoms with Crippen LogP contribution in [-0.2, 0) is 9.47 Å². The Kier molecular flexibility index (Phi) is 8.36. The SMILES string of the molecule is CC(C)OC(=O)c1cc(C(=O)N(c2ccc(N)cc2)c2ccc(N)cc2)c(C(=O)OC(C)C)cc1C(N)=O. The molecule has 0 heterocycles. The molecule has 0 aromatic heterocycles. The largest absolute Gasteiger partial charge is 0.459 e. The van der Waals surface area contributed by atoms with Crippen LogP contribution in [-0.4, -0.2) is 36.0 Å². The number of esters is 2. The summed E-state index contributed by atoms with van der Waals surface area (Å²) in [6.45, 7) is 6.54.